The van der Waals surface area contributed by atoms with Gasteiger partial charge in [-0.05, 0) is 31.2 Å². The Morgan fingerprint density at radius 2 is 1.94 bits per heavy atom. The zero-order valence-electron chi connectivity index (χ0n) is 17.0. The number of carbonyl (C=O) groups excluding carboxylic acids is 2. The number of benzene rings is 2. The highest BCUT2D eigenvalue weighted by atomic mass is 79.9. The molecule has 0 spiro atoms. The number of carboxylic acid groups (broad SMARTS) is 1. The quantitative estimate of drug-likeness (QED) is 0.260. The minimum Gasteiger partial charge on any atom is -0.508 e. The predicted octanol–water partition coefficient (Wildman–Crippen LogP) is 1.72. The fraction of sp³-hybridized carbons (Fsp3) is 0.286. The number of nitrogens with zero attached hydrogens (tertiary/aromatic N) is 2. The molecule has 0 aromatic heterocycles. The number of nitrogens with one attached hydrogen (secondary N) is 1. The van der Waals surface area contributed by atoms with Crippen molar-refractivity contribution in [3.8, 4) is 5.75 Å². The Hall–Kier alpha value is -3.35. The first-order valence-corrected chi connectivity index (χ1v) is 10.6. The van der Waals surface area contributed by atoms with Gasteiger partial charge in [0, 0.05) is 28.2 Å². The van der Waals surface area contributed by atoms with Gasteiger partial charge in [0.25, 0.3) is 5.69 Å². The van der Waals surface area contributed by atoms with Gasteiger partial charge in [0.15, 0.2) is 5.54 Å². The minimum atomic E-state index is -2.24. The lowest BCUT2D eigenvalue weighted by molar-refractivity contribution is -0.384. The molecule has 2 amide bonds. The first kappa shape index (κ1) is 22.8. The number of halogens is 1. The summed E-state index contributed by atoms with van der Waals surface area (Å²) in [5.74, 6) is -6.35. The third kappa shape index (κ3) is 3.29. The van der Waals surface area contributed by atoms with Crippen LogP contribution in [0.1, 0.15) is 18.5 Å². The molecule has 4 N–H and O–H groups in total. The van der Waals surface area contributed by atoms with Gasteiger partial charge in [0.2, 0.25) is 11.8 Å². The van der Waals surface area contributed by atoms with Gasteiger partial charge in [-0.25, -0.2) is 4.90 Å². The van der Waals surface area contributed by atoms with Crippen LogP contribution in [0.2, 0.25) is 0 Å². The number of phenolic OH excluding ortho intramolecular Hbond substituents is 1. The predicted molar refractivity (Wildman–Crippen MR) is 116 cm³/mol. The van der Waals surface area contributed by atoms with Crippen LogP contribution in [0.25, 0.3) is 0 Å². The lowest BCUT2D eigenvalue weighted by atomic mass is 9.76. The minimum absolute atomic E-state index is 0.0873. The summed E-state index contributed by atoms with van der Waals surface area (Å²) in [5.41, 5.74) is -2.53. The molecule has 5 atom stereocenters. The van der Waals surface area contributed by atoms with Crippen molar-refractivity contribution in [1.82, 2.24) is 5.32 Å². The Morgan fingerprint density at radius 3 is 2.55 bits per heavy atom. The van der Waals surface area contributed by atoms with E-state index in [-0.39, 0.29) is 22.7 Å². The molecule has 12 heteroatoms. The first-order valence-electron chi connectivity index (χ1n) is 9.80. The van der Waals surface area contributed by atoms with Crippen LogP contribution in [0.3, 0.4) is 0 Å². The number of non-ortho nitro benzene ring substituents is 1. The second kappa shape index (κ2) is 7.90. The standard InChI is InChI=1S/C21H18BrN3O8/c1-9(26)21(20(30)31)16-15(17(23-21)13-7-10(22)5-6-14(13)27)18(28)24(19(16)29)11-3-2-4-12(8-11)25(32)33/h2-9,15-17,23,26-27H,1H3,(H,30,31). The molecule has 2 aliphatic heterocycles. The van der Waals surface area contributed by atoms with E-state index in [1.807, 2.05) is 0 Å². The molecule has 0 aliphatic carbocycles. The van der Waals surface area contributed by atoms with E-state index >= 15 is 0 Å². The molecule has 4 rings (SSSR count). The second-order valence-electron chi connectivity index (χ2n) is 7.97. The maximum absolute atomic E-state index is 13.5. The molecule has 2 saturated heterocycles. The van der Waals surface area contributed by atoms with Crippen LogP contribution >= 0.6 is 15.9 Å². The fourth-order valence-corrected chi connectivity index (χ4v) is 5.12. The number of amides is 2. The SMILES string of the molecule is CC(O)C1(C(=O)O)NC(c2cc(Br)ccc2O)C2C(=O)N(c3cccc([N+](=O)[O-])c3)C(=O)C21. The molecule has 33 heavy (non-hydrogen) atoms. The average Bonchev–Trinajstić information content (AvgIpc) is 3.25. The van der Waals surface area contributed by atoms with Crippen molar-refractivity contribution in [3.05, 3.63) is 62.6 Å². The highest BCUT2D eigenvalue weighted by Gasteiger charge is 2.70. The number of hydrogen-bond donors (Lipinski definition) is 4. The van der Waals surface area contributed by atoms with Gasteiger partial charge < -0.3 is 15.3 Å². The molecule has 2 fully saturated rings. The van der Waals surface area contributed by atoms with Crippen molar-refractivity contribution in [1.29, 1.82) is 0 Å². The number of phenols is 1. The molecule has 172 valence electrons. The van der Waals surface area contributed by atoms with Crippen molar-refractivity contribution >= 4 is 45.1 Å². The Bertz CT molecular complexity index is 1200. The van der Waals surface area contributed by atoms with Crippen LogP contribution in [-0.4, -0.2) is 49.7 Å². The van der Waals surface area contributed by atoms with Crippen LogP contribution in [0.4, 0.5) is 11.4 Å². The molecule has 2 aromatic rings. The monoisotopic (exact) mass is 519 g/mol. The van der Waals surface area contributed by atoms with E-state index in [9.17, 15) is 39.8 Å². The second-order valence-corrected chi connectivity index (χ2v) is 8.88. The Labute approximate surface area is 194 Å². The van der Waals surface area contributed by atoms with Crippen molar-refractivity contribution in [2.75, 3.05) is 4.90 Å². The van der Waals surface area contributed by atoms with Crippen molar-refractivity contribution in [3.63, 3.8) is 0 Å². The third-order valence-corrected chi connectivity index (χ3v) is 6.72. The average molecular weight is 520 g/mol. The highest BCUT2D eigenvalue weighted by molar-refractivity contribution is 9.10. The normalized spacial score (nSPS) is 27.5. The summed E-state index contributed by atoms with van der Waals surface area (Å²) in [4.78, 5) is 50.6. The summed E-state index contributed by atoms with van der Waals surface area (Å²) in [6.45, 7) is 1.19. The van der Waals surface area contributed by atoms with Gasteiger partial charge in [-0.15, -0.1) is 0 Å². The van der Waals surface area contributed by atoms with Crippen LogP contribution < -0.4 is 10.2 Å². The van der Waals surface area contributed by atoms with E-state index < -0.39 is 52.2 Å². The summed E-state index contributed by atoms with van der Waals surface area (Å²) < 4.78 is 0.533. The number of aliphatic hydroxyl groups excluding tert-OH is 1. The molecular weight excluding hydrogens is 502 g/mol. The molecule has 2 aliphatic rings. The third-order valence-electron chi connectivity index (χ3n) is 6.23. The largest absolute Gasteiger partial charge is 0.508 e. The number of fused-ring (bicyclic) bond motifs is 1. The van der Waals surface area contributed by atoms with E-state index in [0.717, 1.165) is 6.07 Å². The number of anilines is 1. The summed E-state index contributed by atoms with van der Waals surface area (Å²) in [6, 6.07) is 8.10. The van der Waals surface area contributed by atoms with Crippen molar-refractivity contribution in [2.45, 2.75) is 24.6 Å². The van der Waals surface area contributed by atoms with Gasteiger partial charge in [-0.1, -0.05) is 22.0 Å². The van der Waals surface area contributed by atoms with Gasteiger partial charge in [0.1, 0.15) is 5.75 Å². The van der Waals surface area contributed by atoms with E-state index in [0.29, 0.717) is 9.37 Å². The number of carbonyl (C=O) groups is 3. The number of carboxylic acids is 1. The summed E-state index contributed by atoms with van der Waals surface area (Å²) in [5, 5.41) is 44.9. The van der Waals surface area contributed by atoms with Gasteiger partial charge in [-0.2, -0.15) is 0 Å². The van der Waals surface area contributed by atoms with Gasteiger partial charge in [0.05, 0.1) is 28.6 Å². The molecule has 5 unspecified atom stereocenters. The molecule has 0 radical (unpaired) electrons. The number of aromatic hydroxyl groups is 1. The number of nitro benzene ring substituents is 1. The summed E-state index contributed by atoms with van der Waals surface area (Å²) in [7, 11) is 0. The number of hydrogen-bond acceptors (Lipinski definition) is 8. The van der Waals surface area contributed by atoms with Gasteiger partial charge >= 0.3 is 5.97 Å². The molecule has 0 saturated carbocycles. The number of rotatable bonds is 5. The van der Waals surface area contributed by atoms with E-state index in [2.05, 4.69) is 21.2 Å². The molecular formula is C21H18BrN3O8. The lowest BCUT2D eigenvalue weighted by Crippen LogP contribution is -2.62. The Morgan fingerprint density at radius 1 is 1.24 bits per heavy atom. The van der Waals surface area contributed by atoms with Crippen LogP contribution in [-0.2, 0) is 14.4 Å². The zero-order chi connectivity index (χ0) is 24.2. The zero-order valence-corrected chi connectivity index (χ0v) is 18.6. The summed E-state index contributed by atoms with van der Waals surface area (Å²) >= 11 is 3.27. The molecule has 0 bridgehead atoms. The van der Waals surface area contributed by atoms with E-state index in [1.165, 1.54) is 37.3 Å². The van der Waals surface area contributed by atoms with Crippen LogP contribution in [0, 0.1) is 22.0 Å². The van der Waals surface area contributed by atoms with Crippen LogP contribution in [0.5, 0.6) is 5.75 Å². The Kier molecular flexibility index (Phi) is 5.47. The van der Waals surface area contributed by atoms with E-state index in [4.69, 9.17) is 0 Å². The first-order chi connectivity index (χ1) is 15.5. The van der Waals surface area contributed by atoms with Crippen molar-refractivity contribution < 1.29 is 34.6 Å². The maximum atomic E-state index is 13.5. The van der Waals surface area contributed by atoms with Crippen LogP contribution in [0.15, 0.2) is 46.9 Å². The van der Waals surface area contributed by atoms with Gasteiger partial charge in [-0.3, -0.25) is 29.8 Å². The molecule has 2 heterocycles. The lowest BCUT2D eigenvalue weighted by Gasteiger charge is -2.33. The Balaban J connectivity index is 1.91. The maximum Gasteiger partial charge on any atom is 0.327 e. The number of aliphatic carboxylic acids is 1. The number of imide groups is 1. The number of nitro groups is 1. The topological polar surface area (TPSA) is 170 Å². The smallest absolute Gasteiger partial charge is 0.327 e. The van der Waals surface area contributed by atoms with Crippen molar-refractivity contribution in [2.24, 2.45) is 11.8 Å². The van der Waals surface area contributed by atoms with E-state index in [1.54, 1.807) is 6.07 Å². The molecule has 2 aromatic carbocycles. The molecule has 11 nitrogen and oxygen atoms in total. The summed E-state index contributed by atoms with van der Waals surface area (Å²) in [6.07, 6.45) is -1.61. The fourth-order valence-electron chi connectivity index (χ4n) is 4.74. The number of aliphatic hydroxyl groups is 1. The highest BCUT2D eigenvalue weighted by Crippen LogP contribution is 2.52.